The molecule has 0 saturated carbocycles. The van der Waals surface area contributed by atoms with Gasteiger partial charge in [0.2, 0.25) is 5.91 Å². The molecule has 1 amide bonds. The van der Waals surface area contributed by atoms with Crippen molar-refractivity contribution in [1.82, 2.24) is 0 Å². The average Bonchev–Trinajstić information content (AvgIpc) is 2.93. The molecule has 5 heteroatoms. The van der Waals surface area contributed by atoms with Gasteiger partial charge in [-0.2, -0.15) is 0 Å². The predicted molar refractivity (Wildman–Crippen MR) is 90.1 cm³/mol. The summed E-state index contributed by atoms with van der Waals surface area (Å²) in [6.07, 6.45) is -0.0000936. The van der Waals surface area contributed by atoms with Crippen molar-refractivity contribution >= 4 is 17.6 Å². The number of carboxylic acid groups (broad SMARTS) is 1. The minimum absolute atomic E-state index is 0.0000936. The van der Waals surface area contributed by atoms with E-state index in [0.29, 0.717) is 11.4 Å². The van der Waals surface area contributed by atoms with Crippen molar-refractivity contribution in [3.8, 4) is 5.75 Å². The van der Waals surface area contributed by atoms with Gasteiger partial charge in [0, 0.05) is 12.1 Å². The molecule has 5 nitrogen and oxygen atoms in total. The molecule has 1 heterocycles. The Labute approximate surface area is 140 Å². The molecule has 2 unspecified atom stereocenters. The highest BCUT2D eigenvalue weighted by Gasteiger charge is 2.45. The Morgan fingerprint density at radius 2 is 1.75 bits per heavy atom. The fraction of sp³-hybridized carbons (Fsp3) is 0.263. The number of aliphatic carboxylic acids is 1. The first-order chi connectivity index (χ1) is 11.5. The molecule has 2 aromatic carbocycles. The van der Waals surface area contributed by atoms with E-state index in [-0.39, 0.29) is 12.3 Å². The Morgan fingerprint density at radius 1 is 1.12 bits per heavy atom. The van der Waals surface area contributed by atoms with Crippen LogP contribution in [0.25, 0.3) is 0 Å². The van der Waals surface area contributed by atoms with Crippen LogP contribution in [0.3, 0.4) is 0 Å². The average molecular weight is 325 g/mol. The first-order valence-corrected chi connectivity index (χ1v) is 7.76. The first-order valence-electron chi connectivity index (χ1n) is 7.76. The lowest BCUT2D eigenvalue weighted by atomic mass is 9.93. The number of nitrogens with zero attached hydrogens (tertiary/aromatic N) is 1. The molecule has 0 aliphatic carbocycles. The van der Waals surface area contributed by atoms with Crippen LogP contribution in [0, 0.1) is 12.8 Å². The third kappa shape index (κ3) is 2.85. The van der Waals surface area contributed by atoms with Gasteiger partial charge in [-0.15, -0.1) is 0 Å². The van der Waals surface area contributed by atoms with Crippen LogP contribution in [-0.2, 0) is 9.59 Å². The van der Waals surface area contributed by atoms with Crippen molar-refractivity contribution in [3.63, 3.8) is 0 Å². The van der Waals surface area contributed by atoms with E-state index in [1.807, 2.05) is 31.2 Å². The van der Waals surface area contributed by atoms with Gasteiger partial charge in [-0.1, -0.05) is 29.8 Å². The van der Waals surface area contributed by atoms with Crippen molar-refractivity contribution in [2.24, 2.45) is 5.92 Å². The SMILES string of the molecule is COc1ccc(N2C(=O)CC(C(=O)O)C2c2ccc(C)cc2)cc1. The maximum atomic E-state index is 12.5. The zero-order valence-corrected chi connectivity index (χ0v) is 13.6. The summed E-state index contributed by atoms with van der Waals surface area (Å²) >= 11 is 0. The number of amides is 1. The quantitative estimate of drug-likeness (QED) is 0.937. The van der Waals surface area contributed by atoms with Gasteiger partial charge in [-0.25, -0.2) is 0 Å². The molecule has 0 bridgehead atoms. The lowest BCUT2D eigenvalue weighted by molar-refractivity contribution is -0.142. The van der Waals surface area contributed by atoms with E-state index < -0.39 is 17.9 Å². The van der Waals surface area contributed by atoms with Gasteiger partial charge in [0.15, 0.2) is 0 Å². The van der Waals surface area contributed by atoms with Crippen molar-refractivity contribution in [3.05, 3.63) is 59.7 Å². The maximum Gasteiger partial charge on any atom is 0.309 e. The topological polar surface area (TPSA) is 66.8 Å². The van der Waals surface area contributed by atoms with Gasteiger partial charge in [-0.05, 0) is 36.8 Å². The first kappa shape index (κ1) is 16.1. The molecule has 0 radical (unpaired) electrons. The number of rotatable bonds is 4. The van der Waals surface area contributed by atoms with E-state index in [0.717, 1.165) is 11.1 Å². The Morgan fingerprint density at radius 3 is 2.29 bits per heavy atom. The Kier molecular flexibility index (Phi) is 4.25. The summed E-state index contributed by atoms with van der Waals surface area (Å²) in [4.78, 5) is 25.8. The highest BCUT2D eigenvalue weighted by Crippen LogP contribution is 2.41. The zero-order valence-electron chi connectivity index (χ0n) is 13.6. The molecule has 3 rings (SSSR count). The lowest BCUT2D eigenvalue weighted by Crippen LogP contribution is -2.30. The van der Waals surface area contributed by atoms with E-state index in [2.05, 4.69) is 0 Å². The number of carbonyl (C=O) groups excluding carboxylic acids is 1. The second kappa shape index (κ2) is 6.35. The molecule has 2 aromatic rings. The molecule has 1 aliphatic heterocycles. The van der Waals surface area contributed by atoms with Crippen molar-refractivity contribution in [1.29, 1.82) is 0 Å². The third-order valence-corrected chi connectivity index (χ3v) is 4.41. The normalized spacial score (nSPS) is 20.2. The molecule has 1 aliphatic rings. The number of hydrogen-bond donors (Lipinski definition) is 1. The van der Waals surface area contributed by atoms with Crippen molar-refractivity contribution in [2.75, 3.05) is 12.0 Å². The fourth-order valence-corrected chi connectivity index (χ4v) is 3.15. The maximum absolute atomic E-state index is 12.5. The summed E-state index contributed by atoms with van der Waals surface area (Å²) in [5.74, 6) is -1.21. The van der Waals surface area contributed by atoms with Gasteiger partial charge in [0.1, 0.15) is 5.75 Å². The van der Waals surface area contributed by atoms with E-state index in [4.69, 9.17) is 4.74 Å². The van der Waals surface area contributed by atoms with Crippen molar-refractivity contribution in [2.45, 2.75) is 19.4 Å². The fourth-order valence-electron chi connectivity index (χ4n) is 3.15. The molecule has 1 fully saturated rings. The molecule has 0 spiro atoms. The molecule has 0 aromatic heterocycles. The Hall–Kier alpha value is -2.82. The second-order valence-corrected chi connectivity index (χ2v) is 5.97. The summed E-state index contributed by atoms with van der Waals surface area (Å²) in [5.41, 5.74) is 2.59. The van der Waals surface area contributed by atoms with Gasteiger partial charge in [0.25, 0.3) is 0 Å². The summed E-state index contributed by atoms with van der Waals surface area (Å²) in [6, 6.07) is 14.2. The van der Waals surface area contributed by atoms with Crippen LogP contribution in [0.15, 0.2) is 48.5 Å². The number of aryl methyl sites for hydroxylation is 1. The predicted octanol–water partition coefficient (Wildman–Crippen LogP) is 3.18. The van der Waals surface area contributed by atoms with Crippen LogP contribution in [0.1, 0.15) is 23.6 Å². The molecular formula is C19H19NO4. The number of carboxylic acids is 1. The largest absolute Gasteiger partial charge is 0.497 e. The summed E-state index contributed by atoms with van der Waals surface area (Å²) in [7, 11) is 1.57. The number of benzene rings is 2. The molecule has 1 saturated heterocycles. The number of hydrogen-bond acceptors (Lipinski definition) is 3. The molecule has 1 N–H and O–H groups in total. The summed E-state index contributed by atoms with van der Waals surface area (Å²) < 4.78 is 5.15. The van der Waals surface area contributed by atoms with Crippen LogP contribution >= 0.6 is 0 Å². The van der Waals surface area contributed by atoms with Gasteiger partial charge < -0.3 is 14.7 Å². The van der Waals surface area contributed by atoms with Crippen LogP contribution in [0.4, 0.5) is 5.69 Å². The summed E-state index contributed by atoms with van der Waals surface area (Å²) in [6.45, 7) is 1.97. The zero-order chi connectivity index (χ0) is 17.3. The Balaban J connectivity index is 2.04. The van der Waals surface area contributed by atoms with Gasteiger partial charge in [0.05, 0.1) is 19.1 Å². The highest BCUT2D eigenvalue weighted by atomic mass is 16.5. The number of anilines is 1. The highest BCUT2D eigenvalue weighted by molar-refractivity contribution is 6.00. The Bertz CT molecular complexity index is 752. The minimum atomic E-state index is -0.954. The smallest absolute Gasteiger partial charge is 0.309 e. The van der Waals surface area contributed by atoms with Gasteiger partial charge >= 0.3 is 5.97 Å². The van der Waals surface area contributed by atoms with E-state index in [1.54, 1.807) is 36.3 Å². The van der Waals surface area contributed by atoms with Crippen LogP contribution in [-0.4, -0.2) is 24.1 Å². The second-order valence-electron chi connectivity index (χ2n) is 5.97. The van der Waals surface area contributed by atoms with Gasteiger partial charge in [-0.3, -0.25) is 9.59 Å². The lowest BCUT2D eigenvalue weighted by Gasteiger charge is -2.27. The van der Waals surface area contributed by atoms with E-state index in [9.17, 15) is 14.7 Å². The standard InChI is InChI=1S/C19H19NO4/c1-12-3-5-13(6-4-12)18-16(19(22)23)11-17(21)20(18)14-7-9-15(24-2)10-8-14/h3-10,16,18H,11H2,1-2H3,(H,22,23). The van der Waals surface area contributed by atoms with E-state index >= 15 is 0 Å². The third-order valence-electron chi connectivity index (χ3n) is 4.41. The monoisotopic (exact) mass is 325 g/mol. The number of ether oxygens (including phenoxy) is 1. The van der Waals surface area contributed by atoms with Crippen LogP contribution in [0.5, 0.6) is 5.75 Å². The molecule has 124 valence electrons. The van der Waals surface area contributed by atoms with Crippen LogP contribution in [0.2, 0.25) is 0 Å². The minimum Gasteiger partial charge on any atom is -0.497 e. The van der Waals surface area contributed by atoms with E-state index in [1.165, 1.54) is 0 Å². The molecule has 2 atom stereocenters. The van der Waals surface area contributed by atoms with Crippen molar-refractivity contribution < 1.29 is 19.4 Å². The molecule has 24 heavy (non-hydrogen) atoms. The number of carbonyl (C=O) groups is 2. The number of methoxy groups -OCH3 is 1. The van der Waals surface area contributed by atoms with Crippen LogP contribution < -0.4 is 9.64 Å². The summed E-state index contributed by atoms with van der Waals surface area (Å²) in [5, 5.41) is 9.57. The molecular weight excluding hydrogens is 306 g/mol.